The molecule has 0 saturated heterocycles. The molecule has 0 atom stereocenters. The summed E-state index contributed by atoms with van der Waals surface area (Å²) in [5.41, 5.74) is 6.91. The number of nitrogens with two attached hydrogens (primary N) is 1. The molecular weight excluding hydrogens is 234 g/mol. The first kappa shape index (κ1) is 10.8. The predicted octanol–water partition coefficient (Wildman–Crippen LogP) is 2.21. The number of fused-ring (bicyclic) bond motifs is 1. The van der Waals surface area contributed by atoms with Gasteiger partial charge in [-0.2, -0.15) is 0 Å². The molecule has 1 heterocycles. The smallest absolute Gasteiger partial charge is 0.183 e. The summed E-state index contributed by atoms with van der Waals surface area (Å²) in [6.07, 6.45) is 2.89. The van der Waals surface area contributed by atoms with Crippen LogP contribution in [-0.4, -0.2) is 22.2 Å². The van der Waals surface area contributed by atoms with Crippen molar-refractivity contribution in [1.29, 1.82) is 0 Å². The molecule has 1 fully saturated rings. The number of hydrogen-bond acceptors (Lipinski definition) is 5. The molecule has 5 heteroatoms. The normalized spacial score (nSPS) is 17.9. The van der Waals surface area contributed by atoms with E-state index in [4.69, 9.17) is 5.73 Å². The minimum absolute atomic E-state index is 0.517. The first-order valence-electron chi connectivity index (χ1n) is 5.77. The van der Waals surface area contributed by atoms with E-state index >= 15 is 0 Å². The number of rotatable bonds is 3. The Morgan fingerprint density at radius 3 is 3.00 bits per heavy atom. The Morgan fingerprint density at radius 1 is 1.47 bits per heavy atom. The Morgan fingerprint density at radius 2 is 2.29 bits per heavy atom. The molecule has 17 heavy (non-hydrogen) atoms. The summed E-state index contributed by atoms with van der Waals surface area (Å²) in [7, 11) is 0. The van der Waals surface area contributed by atoms with Crippen LogP contribution in [0.5, 0.6) is 0 Å². The number of anilines is 2. The molecule has 1 aliphatic carbocycles. The molecule has 1 aromatic carbocycles. The highest BCUT2D eigenvalue weighted by atomic mass is 32.1. The average Bonchev–Trinajstić information content (AvgIpc) is 2.65. The summed E-state index contributed by atoms with van der Waals surface area (Å²) in [5.74, 6) is 0. The molecule has 0 unspecified atom stereocenters. The molecule has 4 nitrogen and oxygen atoms in total. The van der Waals surface area contributed by atoms with Crippen LogP contribution in [0.15, 0.2) is 18.2 Å². The number of aromatic nitrogens is 1. The van der Waals surface area contributed by atoms with Crippen LogP contribution in [-0.2, 0) is 0 Å². The van der Waals surface area contributed by atoms with E-state index in [0.29, 0.717) is 6.54 Å². The van der Waals surface area contributed by atoms with Crippen LogP contribution >= 0.6 is 11.3 Å². The van der Waals surface area contributed by atoms with E-state index in [2.05, 4.69) is 10.3 Å². The zero-order valence-corrected chi connectivity index (χ0v) is 10.3. The highest BCUT2D eigenvalue weighted by Crippen LogP contribution is 2.33. The van der Waals surface area contributed by atoms with Crippen LogP contribution in [0.1, 0.15) is 19.3 Å². The summed E-state index contributed by atoms with van der Waals surface area (Å²) in [6, 6.07) is 5.70. The van der Waals surface area contributed by atoms with Gasteiger partial charge in [-0.05, 0) is 37.5 Å². The lowest BCUT2D eigenvalue weighted by molar-refractivity contribution is -0.0201. The van der Waals surface area contributed by atoms with E-state index in [-0.39, 0.29) is 0 Å². The fourth-order valence-corrected chi connectivity index (χ4v) is 2.93. The molecule has 0 bridgehead atoms. The minimum atomic E-state index is -0.517. The van der Waals surface area contributed by atoms with Crippen LogP contribution < -0.4 is 11.1 Å². The average molecular weight is 249 g/mol. The number of aliphatic hydroxyl groups is 1. The minimum Gasteiger partial charge on any atom is -0.399 e. The van der Waals surface area contributed by atoms with E-state index in [1.807, 2.05) is 18.2 Å². The molecule has 2 aromatic rings. The van der Waals surface area contributed by atoms with E-state index in [9.17, 15) is 5.11 Å². The van der Waals surface area contributed by atoms with Crippen molar-refractivity contribution in [1.82, 2.24) is 4.98 Å². The van der Waals surface area contributed by atoms with E-state index in [0.717, 1.165) is 40.3 Å². The standard InChI is InChI=1S/C12H15N3OS/c13-8-2-3-9-10(6-8)17-11(15-9)14-7-12(16)4-1-5-12/h2-3,6,16H,1,4-5,7,13H2,(H,14,15). The molecule has 0 radical (unpaired) electrons. The van der Waals surface area contributed by atoms with Gasteiger partial charge in [-0.3, -0.25) is 0 Å². The van der Waals surface area contributed by atoms with Crippen molar-refractivity contribution in [3.05, 3.63) is 18.2 Å². The lowest BCUT2D eigenvalue weighted by atomic mass is 9.80. The van der Waals surface area contributed by atoms with Gasteiger partial charge in [0, 0.05) is 12.2 Å². The van der Waals surface area contributed by atoms with Crippen molar-refractivity contribution >= 4 is 32.4 Å². The maximum Gasteiger partial charge on any atom is 0.183 e. The van der Waals surface area contributed by atoms with Gasteiger partial charge in [0.05, 0.1) is 15.8 Å². The molecule has 0 amide bonds. The number of nitrogens with zero attached hydrogens (tertiary/aromatic N) is 1. The SMILES string of the molecule is Nc1ccc2nc(NCC3(O)CCC3)sc2c1. The van der Waals surface area contributed by atoms with Crippen LogP contribution in [0.3, 0.4) is 0 Å². The fraction of sp³-hybridized carbons (Fsp3) is 0.417. The number of benzene rings is 1. The summed E-state index contributed by atoms with van der Waals surface area (Å²) in [4.78, 5) is 4.46. The Labute approximate surface area is 103 Å². The maximum atomic E-state index is 9.98. The van der Waals surface area contributed by atoms with Gasteiger partial charge in [-0.1, -0.05) is 11.3 Å². The lowest BCUT2D eigenvalue weighted by Crippen LogP contribution is -2.43. The van der Waals surface area contributed by atoms with Crippen LogP contribution in [0.2, 0.25) is 0 Å². The highest BCUT2D eigenvalue weighted by Gasteiger charge is 2.34. The Hall–Kier alpha value is -1.33. The second-order valence-electron chi connectivity index (χ2n) is 4.68. The topological polar surface area (TPSA) is 71.2 Å². The molecule has 3 rings (SSSR count). The molecular formula is C12H15N3OS. The Kier molecular flexibility index (Phi) is 2.45. The van der Waals surface area contributed by atoms with Gasteiger partial charge in [-0.25, -0.2) is 4.98 Å². The number of nitrogens with one attached hydrogen (secondary N) is 1. The molecule has 1 aromatic heterocycles. The number of thiazole rings is 1. The predicted molar refractivity (Wildman–Crippen MR) is 71.3 cm³/mol. The third-order valence-electron chi connectivity index (χ3n) is 3.27. The first-order chi connectivity index (χ1) is 8.15. The zero-order chi connectivity index (χ0) is 11.9. The van der Waals surface area contributed by atoms with Crippen molar-refractivity contribution < 1.29 is 5.11 Å². The van der Waals surface area contributed by atoms with Crippen LogP contribution in [0.4, 0.5) is 10.8 Å². The Balaban J connectivity index is 1.76. The Bertz CT molecular complexity index is 548. The van der Waals surface area contributed by atoms with Crippen molar-refractivity contribution in [2.45, 2.75) is 24.9 Å². The third-order valence-corrected chi connectivity index (χ3v) is 4.24. The van der Waals surface area contributed by atoms with Gasteiger partial charge >= 0.3 is 0 Å². The lowest BCUT2D eigenvalue weighted by Gasteiger charge is -2.36. The van der Waals surface area contributed by atoms with E-state index in [1.165, 1.54) is 0 Å². The molecule has 0 aliphatic heterocycles. The van der Waals surface area contributed by atoms with E-state index < -0.39 is 5.60 Å². The van der Waals surface area contributed by atoms with Crippen molar-refractivity contribution in [3.8, 4) is 0 Å². The quantitative estimate of drug-likeness (QED) is 0.729. The summed E-state index contributed by atoms with van der Waals surface area (Å²) in [5, 5.41) is 14.0. The molecule has 1 aliphatic rings. The summed E-state index contributed by atoms with van der Waals surface area (Å²) in [6.45, 7) is 0.586. The fourth-order valence-electron chi connectivity index (χ4n) is 2.02. The molecule has 1 saturated carbocycles. The second-order valence-corrected chi connectivity index (χ2v) is 5.71. The summed E-state index contributed by atoms with van der Waals surface area (Å²) < 4.78 is 1.08. The van der Waals surface area contributed by atoms with Gasteiger partial charge in [0.15, 0.2) is 5.13 Å². The van der Waals surface area contributed by atoms with Crippen LogP contribution in [0.25, 0.3) is 10.2 Å². The van der Waals surface area contributed by atoms with Crippen molar-refractivity contribution in [2.75, 3.05) is 17.6 Å². The van der Waals surface area contributed by atoms with Gasteiger partial charge in [0.25, 0.3) is 0 Å². The first-order valence-corrected chi connectivity index (χ1v) is 6.59. The van der Waals surface area contributed by atoms with Crippen molar-refractivity contribution in [2.24, 2.45) is 0 Å². The second kappa shape index (κ2) is 3.85. The largest absolute Gasteiger partial charge is 0.399 e. The number of nitrogen functional groups attached to an aromatic ring is 1. The zero-order valence-electron chi connectivity index (χ0n) is 9.44. The monoisotopic (exact) mass is 249 g/mol. The van der Waals surface area contributed by atoms with Gasteiger partial charge < -0.3 is 16.2 Å². The van der Waals surface area contributed by atoms with Crippen LogP contribution in [0, 0.1) is 0 Å². The summed E-state index contributed by atoms with van der Waals surface area (Å²) >= 11 is 1.57. The van der Waals surface area contributed by atoms with Crippen molar-refractivity contribution in [3.63, 3.8) is 0 Å². The molecule has 90 valence electrons. The van der Waals surface area contributed by atoms with Gasteiger partial charge in [-0.15, -0.1) is 0 Å². The number of hydrogen-bond donors (Lipinski definition) is 3. The van der Waals surface area contributed by atoms with E-state index in [1.54, 1.807) is 11.3 Å². The van der Waals surface area contributed by atoms with Gasteiger partial charge in [0.2, 0.25) is 0 Å². The highest BCUT2D eigenvalue weighted by molar-refractivity contribution is 7.22. The maximum absolute atomic E-state index is 9.98. The molecule has 4 N–H and O–H groups in total. The van der Waals surface area contributed by atoms with Gasteiger partial charge in [0.1, 0.15) is 0 Å². The third kappa shape index (κ3) is 2.08. The molecule has 0 spiro atoms.